The zero-order chi connectivity index (χ0) is 9.90. The van der Waals surface area contributed by atoms with Crippen LogP contribution in [0.2, 0.25) is 0 Å². The molecule has 1 N–H and O–H groups in total. The summed E-state index contributed by atoms with van der Waals surface area (Å²) in [6.45, 7) is 3.01. The summed E-state index contributed by atoms with van der Waals surface area (Å²) in [6, 6.07) is 0. The maximum absolute atomic E-state index is 12.5. The quantitative estimate of drug-likeness (QED) is 0.714. The van der Waals surface area contributed by atoms with Gasteiger partial charge in [-0.3, -0.25) is 0 Å². The molecule has 0 radical (unpaired) electrons. The summed E-state index contributed by atoms with van der Waals surface area (Å²) in [7, 11) is 0. The first kappa shape index (κ1) is 10.8. The van der Waals surface area contributed by atoms with Gasteiger partial charge in [0.2, 0.25) is 0 Å². The minimum atomic E-state index is -4.02. The highest BCUT2D eigenvalue weighted by Crippen LogP contribution is 2.36. The van der Waals surface area contributed by atoms with E-state index in [-0.39, 0.29) is 12.3 Å². The van der Waals surface area contributed by atoms with E-state index in [4.69, 9.17) is 0 Å². The molecule has 78 valence electrons. The van der Waals surface area contributed by atoms with Crippen molar-refractivity contribution in [3.63, 3.8) is 0 Å². The normalized spacial score (nSPS) is 27.2. The average Bonchev–Trinajstić information content (AvgIpc) is 2.05. The summed E-state index contributed by atoms with van der Waals surface area (Å²) >= 11 is 0. The lowest BCUT2D eigenvalue weighted by Gasteiger charge is -2.31. The Labute approximate surface area is 76.7 Å². The molecule has 0 spiro atoms. The second-order valence-electron chi connectivity index (χ2n) is 3.66. The average molecular weight is 195 g/mol. The molecule has 2 atom stereocenters. The van der Waals surface area contributed by atoms with Gasteiger partial charge in [0.1, 0.15) is 0 Å². The standard InChI is InChI=1S/C9H16F3N/c1-2-8(9(10,11)12)7-4-3-5-13-6-7/h7-8,13H,2-6H2,1H3. The fourth-order valence-electron chi connectivity index (χ4n) is 2.05. The predicted molar refractivity (Wildman–Crippen MR) is 45.4 cm³/mol. The molecule has 0 bridgehead atoms. The van der Waals surface area contributed by atoms with Crippen LogP contribution in [0.1, 0.15) is 26.2 Å². The van der Waals surface area contributed by atoms with E-state index in [1.54, 1.807) is 6.92 Å². The van der Waals surface area contributed by atoms with Crippen molar-refractivity contribution in [3.8, 4) is 0 Å². The van der Waals surface area contributed by atoms with Crippen molar-refractivity contribution in [2.75, 3.05) is 13.1 Å². The van der Waals surface area contributed by atoms with Crippen molar-refractivity contribution in [2.24, 2.45) is 11.8 Å². The molecule has 4 heteroatoms. The summed E-state index contributed by atoms with van der Waals surface area (Å²) in [5.74, 6) is -1.32. The van der Waals surface area contributed by atoms with Crippen LogP contribution >= 0.6 is 0 Å². The molecule has 0 amide bonds. The van der Waals surface area contributed by atoms with Gasteiger partial charge >= 0.3 is 6.18 Å². The van der Waals surface area contributed by atoms with Crippen LogP contribution in [0.25, 0.3) is 0 Å². The van der Waals surface area contributed by atoms with Crippen molar-refractivity contribution >= 4 is 0 Å². The fourth-order valence-corrected chi connectivity index (χ4v) is 2.05. The highest BCUT2D eigenvalue weighted by atomic mass is 19.4. The molecule has 0 aliphatic carbocycles. The van der Waals surface area contributed by atoms with E-state index in [1.165, 1.54) is 0 Å². The minimum absolute atomic E-state index is 0.204. The first-order chi connectivity index (χ1) is 6.05. The Balaban J connectivity index is 2.54. The smallest absolute Gasteiger partial charge is 0.316 e. The van der Waals surface area contributed by atoms with Crippen LogP contribution < -0.4 is 5.32 Å². The van der Waals surface area contributed by atoms with Gasteiger partial charge in [-0.15, -0.1) is 0 Å². The van der Waals surface area contributed by atoms with E-state index in [1.807, 2.05) is 0 Å². The number of nitrogens with one attached hydrogen (secondary N) is 1. The van der Waals surface area contributed by atoms with Crippen molar-refractivity contribution in [2.45, 2.75) is 32.4 Å². The molecule has 1 nitrogen and oxygen atoms in total. The number of rotatable bonds is 2. The van der Waals surface area contributed by atoms with Crippen LogP contribution in [0.15, 0.2) is 0 Å². The lowest BCUT2D eigenvalue weighted by Crippen LogP contribution is -2.39. The van der Waals surface area contributed by atoms with Crippen LogP contribution in [0.3, 0.4) is 0 Å². The Hall–Kier alpha value is -0.250. The summed E-state index contributed by atoms with van der Waals surface area (Å²) in [5, 5.41) is 3.02. The van der Waals surface area contributed by atoms with Gasteiger partial charge in [-0.25, -0.2) is 0 Å². The largest absolute Gasteiger partial charge is 0.392 e. The first-order valence-corrected chi connectivity index (χ1v) is 4.83. The molecule has 1 saturated heterocycles. The number of hydrogen-bond donors (Lipinski definition) is 1. The Morgan fingerprint density at radius 2 is 2.15 bits per heavy atom. The SMILES string of the molecule is CCC(C1CCCNC1)C(F)(F)F. The summed E-state index contributed by atoms with van der Waals surface area (Å²) in [6.07, 6.45) is -2.23. The van der Waals surface area contributed by atoms with Crippen molar-refractivity contribution < 1.29 is 13.2 Å². The van der Waals surface area contributed by atoms with Crippen molar-refractivity contribution in [3.05, 3.63) is 0 Å². The minimum Gasteiger partial charge on any atom is -0.316 e. The third-order valence-corrected chi connectivity index (χ3v) is 2.76. The van der Waals surface area contributed by atoms with Crippen LogP contribution in [-0.4, -0.2) is 19.3 Å². The molecule has 1 fully saturated rings. The summed E-state index contributed by atoms with van der Waals surface area (Å²) in [4.78, 5) is 0. The van der Waals surface area contributed by atoms with Crippen LogP contribution in [0, 0.1) is 11.8 Å². The molecule has 2 unspecified atom stereocenters. The van der Waals surface area contributed by atoms with Gasteiger partial charge in [0.05, 0.1) is 5.92 Å². The molecule has 1 heterocycles. The first-order valence-electron chi connectivity index (χ1n) is 4.83. The van der Waals surface area contributed by atoms with Crippen LogP contribution in [0.4, 0.5) is 13.2 Å². The Morgan fingerprint density at radius 3 is 2.54 bits per heavy atom. The molecule has 0 saturated carbocycles. The zero-order valence-electron chi connectivity index (χ0n) is 7.82. The van der Waals surface area contributed by atoms with E-state index < -0.39 is 12.1 Å². The van der Waals surface area contributed by atoms with Gasteiger partial charge in [0, 0.05) is 0 Å². The zero-order valence-corrected chi connectivity index (χ0v) is 7.82. The van der Waals surface area contributed by atoms with Gasteiger partial charge in [-0.1, -0.05) is 6.92 Å². The molecule has 0 aromatic rings. The second kappa shape index (κ2) is 4.31. The molecule has 13 heavy (non-hydrogen) atoms. The summed E-state index contributed by atoms with van der Waals surface area (Å²) in [5.41, 5.74) is 0. The molecular weight excluding hydrogens is 179 g/mol. The molecule has 1 aliphatic rings. The molecular formula is C9H16F3N. The van der Waals surface area contributed by atoms with E-state index in [0.29, 0.717) is 13.0 Å². The molecule has 1 aliphatic heterocycles. The molecule has 0 aromatic heterocycles. The van der Waals surface area contributed by atoms with E-state index >= 15 is 0 Å². The topological polar surface area (TPSA) is 12.0 Å². The number of hydrogen-bond acceptors (Lipinski definition) is 1. The molecule has 0 aromatic carbocycles. The van der Waals surface area contributed by atoms with Crippen molar-refractivity contribution in [1.82, 2.24) is 5.32 Å². The van der Waals surface area contributed by atoms with E-state index in [2.05, 4.69) is 5.32 Å². The third kappa shape index (κ3) is 2.86. The molecule has 1 rings (SSSR count). The highest BCUT2D eigenvalue weighted by molar-refractivity contribution is 4.79. The van der Waals surface area contributed by atoms with Gasteiger partial charge in [0.15, 0.2) is 0 Å². The third-order valence-electron chi connectivity index (χ3n) is 2.76. The van der Waals surface area contributed by atoms with E-state index in [9.17, 15) is 13.2 Å². The maximum atomic E-state index is 12.5. The number of alkyl halides is 3. The van der Waals surface area contributed by atoms with Gasteiger partial charge in [-0.05, 0) is 38.3 Å². The predicted octanol–water partition coefficient (Wildman–Crippen LogP) is 2.57. The lowest BCUT2D eigenvalue weighted by atomic mass is 9.84. The lowest BCUT2D eigenvalue weighted by molar-refractivity contribution is -0.191. The van der Waals surface area contributed by atoms with Crippen LogP contribution in [0.5, 0.6) is 0 Å². The van der Waals surface area contributed by atoms with Gasteiger partial charge in [0.25, 0.3) is 0 Å². The van der Waals surface area contributed by atoms with Gasteiger partial charge in [-0.2, -0.15) is 13.2 Å². The van der Waals surface area contributed by atoms with Crippen LogP contribution in [-0.2, 0) is 0 Å². The van der Waals surface area contributed by atoms with Crippen molar-refractivity contribution in [1.29, 1.82) is 0 Å². The Kier molecular flexibility index (Phi) is 3.59. The Bertz CT molecular complexity index is 149. The summed E-state index contributed by atoms with van der Waals surface area (Å²) < 4.78 is 37.4. The maximum Gasteiger partial charge on any atom is 0.392 e. The Morgan fingerprint density at radius 1 is 1.46 bits per heavy atom. The van der Waals surface area contributed by atoms with E-state index in [0.717, 1.165) is 13.0 Å². The fraction of sp³-hybridized carbons (Fsp3) is 1.00. The highest BCUT2D eigenvalue weighted by Gasteiger charge is 2.43. The van der Waals surface area contributed by atoms with Gasteiger partial charge < -0.3 is 5.32 Å². The second-order valence-corrected chi connectivity index (χ2v) is 3.66. The number of halogens is 3. The number of piperidine rings is 1. The monoisotopic (exact) mass is 195 g/mol.